The summed E-state index contributed by atoms with van der Waals surface area (Å²) in [5.74, 6) is -1.18. The van der Waals surface area contributed by atoms with Gasteiger partial charge in [0.2, 0.25) is 0 Å². The number of amides is 1. The van der Waals surface area contributed by atoms with Crippen molar-refractivity contribution in [1.82, 2.24) is 0 Å². The van der Waals surface area contributed by atoms with Crippen molar-refractivity contribution in [2.45, 2.75) is 25.8 Å². The SMILES string of the molecule is COc1ccc(/C(O)=C2/C(=O)C(=O)N(c3ccccc3O)C2c2cccs2)cc1C(C)C. The summed E-state index contributed by atoms with van der Waals surface area (Å²) in [6.07, 6.45) is 0. The van der Waals surface area contributed by atoms with E-state index in [2.05, 4.69) is 0 Å². The normalized spacial score (nSPS) is 17.9. The number of phenols is 1. The van der Waals surface area contributed by atoms with Gasteiger partial charge >= 0.3 is 0 Å². The molecule has 1 unspecified atom stereocenters. The number of hydrogen-bond acceptors (Lipinski definition) is 6. The fraction of sp³-hybridized carbons (Fsp3) is 0.200. The van der Waals surface area contributed by atoms with Crippen LogP contribution in [-0.4, -0.2) is 29.0 Å². The van der Waals surface area contributed by atoms with Crippen molar-refractivity contribution in [2.75, 3.05) is 12.0 Å². The molecule has 1 aliphatic heterocycles. The van der Waals surface area contributed by atoms with Crippen LogP contribution in [0.5, 0.6) is 11.5 Å². The highest BCUT2D eigenvalue weighted by Gasteiger charge is 2.48. The highest BCUT2D eigenvalue weighted by molar-refractivity contribution is 7.10. The van der Waals surface area contributed by atoms with E-state index >= 15 is 0 Å². The molecule has 1 amide bonds. The number of ketones is 1. The van der Waals surface area contributed by atoms with Crippen LogP contribution in [0.3, 0.4) is 0 Å². The van der Waals surface area contributed by atoms with Crippen molar-refractivity contribution in [3.05, 3.63) is 81.6 Å². The number of hydrogen-bond donors (Lipinski definition) is 2. The van der Waals surface area contributed by atoms with E-state index in [0.29, 0.717) is 16.2 Å². The van der Waals surface area contributed by atoms with Gasteiger partial charge in [0.25, 0.3) is 11.7 Å². The molecule has 1 aliphatic rings. The lowest BCUT2D eigenvalue weighted by Crippen LogP contribution is -2.29. The number of aliphatic hydroxyl groups is 1. The molecular formula is C25H23NO5S. The minimum atomic E-state index is -0.854. The predicted molar refractivity (Wildman–Crippen MR) is 124 cm³/mol. The Morgan fingerprint density at radius 1 is 1.09 bits per heavy atom. The van der Waals surface area contributed by atoms with Gasteiger partial charge in [-0.25, -0.2) is 0 Å². The number of phenolic OH excluding ortho intramolecular Hbond substituents is 1. The zero-order chi connectivity index (χ0) is 23.0. The van der Waals surface area contributed by atoms with Crippen LogP contribution >= 0.6 is 11.3 Å². The maximum absolute atomic E-state index is 13.2. The summed E-state index contributed by atoms with van der Waals surface area (Å²) in [4.78, 5) is 28.2. The molecule has 32 heavy (non-hydrogen) atoms. The molecule has 2 heterocycles. The molecule has 0 spiro atoms. The molecule has 1 atom stereocenters. The van der Waals surface area contributed by atoms with Crippen molar-refractivity contribution < 1.29 is 24.5 Å². The summed E-state index contributed by atoms with van der Waals surface area (Å²) in [5, 5.41) is 23.5. The molecule has 6 nitrogen and oxygen atoms in total. The second kappa shape index (κ2) is 8.51. The second-order valence-corrected chi connectivity index (χ2v) is 8.76. The number of aliphatic hydroxyl groups excluding tert-OH is 1. The van der Waals surface area contributed by atoms with E-state index in [1.54, 1.807) is 49.6 Å². The molecule has 2 N–H and O–H groups in total. The second-order valence-electron chi connectivity index (χ2n) is 7.78. The first-order valence-corrected chi connectivity index (χ1v) is 11.0. The zero-order valence-corrected chi connectivity index (χ0v) is 18.7. The minimum Gasteiger partial charge on any atom is -0.507 e. The number of anilines is 1. The first-order chi connectivity index (χ1) is 15.3. The number of methoxy groups -OCH3 is 1. The molecule has 3 aromatic rings. The maximum atomic E-state index is 13.2. The quantitative estimate of drug-likeness (QED) is 0.317. The number of carbonyl (C=O) groups excluding carboxylic acids is 2. The molecule has 0 aliphatic carbocycles. The summed E-state index contributed by atoms with van der Waals surface area (Å²) < 4.78 is 5.42. The number of ether oxygens (including phenoxy) is 1. The third-order valence-corrected chi connectivity index (χ3v) is 6.45. The first kappa shape index (κ1) is 21.6. The predicted octanol–water partition coefficient (Wildman–Crippen LogP) is 5.21. The summed E-state index contributed by atoms with van der Waals surface area (Å²) >= 11 is 1.37. The van der Waals surface area contributed by atoms with Crippen molar-refractivity contribution in [3.8, 4) is 11.5 Å². The fourth-order valence-electron chi connectivity index (χ4n) is 3.95. The zero-order valence-electron chi connectivity index (χ0n) is 17.9. The van der Waals surface area contributed by atoms with E-state index in [-0.39, 0.29) is 28.7 Å². The van der Waals surface area contributed by atoms with Gasteiger partial charge in [-0.05, 0) is 53.3 Å². The van der Waals surface area contributed by atoms with Crippen LogP contribution in [0, 0.1) is 0 Å². The van der Waals surface area contributed by atoms with E-state index in [9.17, 15) is 19.8 Å². The molecule has 0 saturated carbocycles. The van der Waals surface area contributed by atoms with E-state index in [0.717, 1.165) is 5.56 Å². The Labute approximate surface area is 190 Å². The Morgan fingerprint density at radius 2 is 1.84 bits per heavy atom. The Balaban J connectivity index is 1.93. The fourth-order valence-corrected chi connectivity index (χ4v) is 4.78. The van der Waals surface area contributed by atoms with Gasteiger partial charge in [-0.1, -0.05) is 32.0 Å². The van der Waals surface area contributed by atoms with Gasteiger partial charge in [0, 0.05) is 10.4 Å². The lowest BCUT2D eigenvalue weighted by molar-refractivity contribution is -0.132. The molecule has 0 radical (unpaired) electrons. The number of rotatable bonds is 5. The van der Waals surface area contributed by atoms with Crippen molar-refractivity contribution >= 4 is 34.5 Å². The van der Waals surface area contributed by atoms with E-state index in [1.807, 2.05) is 25.3 Å². The van der Waals surface area contributed by atoms with Gasteiger partial charge in [0.05, 0.1) is 18.4 Å². The molecule has 1 aromatic heterocycles. The average Bonchev–Trinajstić information content (AvgIpc) is 3.40. The van der Waals surface area contributed by atoms with Gasteiger partial charge in [-0.3, -0.25) is 14.5 Å². The molecule has 0 bridgehead atoms. The molecule has 2 aromatic carbocycles. The van der Waals surface area contributed by atoms with Crippen LogP contribution in [0.2, 0.25) is 0 Å². The number of Topliss-reactive ketones (excluding diaryl/α,β-unsaturated/α-hetero) is 1. The molecule has 7 heteroatoms. The summed E-state index contributed by atoms with van der Waals surface area (Å²) in [6, 6.07) is 14.3. The number of benzene rings is 2. The van der Waals surface area contributed by atoms with Crippen LogP contribution < -0.4 is 9.64 Å². The Bertz CT molecular complexity index is 1210. The van der Waals surface area contributed by atoms with Gasteiger partial charge in [-0.2, -0.15) is 0 Å². The van der Waals surface area contributed by atoms with Crippen LogP contribution in [-0.2, 0) is 9.59 Å². The van der Waals surface area contributed by atoms with Crippen LogP contribution in [0.25, 0.3) is 5.76 Å². The molecule has 1 fully saturated rings. The summed E-state index contributed by atoms with van der Waals surface area (Å²) in [5.41, 5.74) is 1.50. The van der Waals surface area contributed by atoms with Crippen LogP contribution in [0.1, 0.15) is 41.8 Å². The van der Waals surface area contributed by atoms with Gasteiger partial charge in [-0.15, -0.1) is 11.3 Å². The third kappa shape index (κ3) is 3.54. The standard InChI is InChI=1S/C25H23NO5S/c1-14(2)16-13-15(10-11-19(16)31-3)23(28)21-22(20-9-6-12-32-20)26(25(30)24(21)29)17-7-4-5-8-18(17)27/h4-14,22,27-28H,1-3H3/b23-21-. The highest BCUT2D eigenvalue weighted by Crippen LogP contribution is 2.46. The molecule has 4 rings (SSSR count). The summed E-state index contributed by atoms with van der Waals surface area (Å²) in [6.45, 7) is 4.01. The average molecular weight is 450 g/mol. The third-order valence-electron chi connectivity index (χ3n) is 5.52. The lowest BCUT2D eigenvalue weighted by Gasteiger charge is -2.24. The van der Waals surface area contributed by atoms with Gasteiger partial charge in [0.1, 0.15) is 23.3 Å². The number of carbonyl (C=O) groups is 2. The lowest BCUT2D eigenvalue weighted by atomic mass is 9.95. The van der Waals surface area contributed by atoms with Crippen molar-refractivity contribution in [2.24, 2.45) is 0 Å². The topological polar surface area (TPSA) is 87.1 Å². The Kier molecular flexibility index (Phi) is 5.76. The van der Waals surface area contributed by atoms with Gasteiger partial charge < -0.3 is 14.9 Å². The number of nitrogens with zero attached hydrogens (tertiary/aromatic N) is 1. The van der Waals surface area contributed by atoms with Crippen molar-refractivity contribution in [1.29, 1.82) is 0 Å². The number of thiophene rings is 1. The van der Waals surface area contributed by atoms with E-state index < -0.39 is 17.7 Å². The summed E-state index contributed by atoms with van der Waals surface area (Å²) in [7, 11) is 1.58. The molecular weight excluding hydrogens is 426 g/mol. The first-order valence-electron chi connectivity index (χ1n) is 10.2. The molecule has 164 valence electrons. The molecule has 1 saturated heterocycles. The smallest absolute Gasteiger partial charge is 0.300 e. The van der Waals surface area contributed by atoms with E-state index in [1.165, 1.54) is 22.3 Å². The van der Waals surface area contributed by atoms with E-state index in [4.69, 9.17) is 4.74 Å². The van der Waals surface area contributed by atoms with Crippen LogP contribution in [0.4, 0.5) is 5.69 Å². The number of aromatic hydroxyl groups is 1. The largest absolute Gasteiger partial charge is 0.507 e. The Morgan fingerprint density at radius 3 is 2.47 bits per heavy atom. The number of para-hydroxylation sites is 2. The minimum absolute atomic E-state index is 0.0134. The van der Waals surface area contributed by atoms with Crippen molar-refractivity contribution in [3.63, 3.8) is 0 Å². The maximum Gasteiger partial charge on any atom is 0.300 e. The monoisotopic (exact) mass is 449 g/mol. The Hall–Kier alpha value is -3.58. The van der Waals surface area contributed by atoms with Crippen LogP contribution in [0.15, 0.2) is 65.6 Å². The van der Waals surface area contributed by atoms with Gasteiger partial charge in [0.15, 0.2) is 0 Å². The highest BCUT2D eigenvalue weighted by atomic mass is 32.1.